The van der Waals surface area contributed by atoms with Gasteiger partial charge in [0.15, 0.2) is 0 Å². The average Bonchev–Trinajstić information content (AvgIpc) is 3.25. The smallest absolute Gasteiger partial charge is 0.246 e. The molecule has 2 aromatic carbocycles. The second-order valence-corrected chi connectivity index (χ2v) is 8.89. The molecule has 0 saturated carbocycles. The summed E-state index contributed by atoms with van der Waals surface area (Å²) in [6, 6.07) is 12.7. The summed E-state index contributed by atoms with van der Waals surface area (Å²) in [7, 11) is 3.14. The van der Waals surface area contributed by atoms with E-state index >= 15 is 0 Å². The summed E-state index contributed by atoms with van der Waals surface area (Å²) in [5, 5.41) is 3.49. The van der Waals surface area contributed by atoms with Crippen molar-refractivity contribution in [2.75, 3.05) is 32.6 Å². The van der Waals surface area contributed by atoms with E-state index in [0.29, 0.717) is 46.8 Å². The molecule has 0 unspecified atom stereocenters. The Balaban J connectivity index is 1.97. The van der Waals surface area contributed by atoms with Crippen molar-refractivity contribution in [1.82, 2.24) is 14.5 Å². The van der Waals surface area contributed by atoms with E-state index < -0.39 is 0 Å². The maximum atomic E-state index is 13.0. The van der Waals surface area contributed by atoms with Gasteiger partial charge in [-0.1, -0.05) is 37.6 Å². The molecule has 2 amide bonds. The summed E-state index contributed by atoms with van der Waals surface area (Å²) >= 11 is 6.04. The van der Waals surface area contributed by atoms with Crippen molar-refractivity contribution in [1.29, 1.82) is 0 Å². The van der Waals surface area contributed by atoms with Gasteiger partial charge in [0.25, 0.3) is 0 Å². The molecule has 0 aliphatic rings. The van der Waals surface area contributed by atoms with E-state index in [1.807, 2.05) is 51.2 Å². The van der Waals surface area contributed by atoms with Crippen LogP contribution in [0.5, 0.6) is 11.5 Å². The molecule has 1 N–H and O–H groups in total. The van der Waals surface area contributed by atoms with Gasteiger partial charge in [-0.15, -0.1) is 0 Å². The highest BCUT2D eigenvalue weighted by atomic mass is 35.5. The Hall–Kier alpha value is -3.52. The molecule has 186 valence electrons. The molecule has 8 nitrogen and oxygen atoms in total. The van der Waals surface area contributed by atoms with Crippen molar-refractivity contribution in [3.05, 3.63) is 53.7 Å². The van der Waals surface area contributed by atoms with Crippen molar-refractivity contribution < 1.29 is 19.1 Å². The van der Waals surface area contributed by atoms with Gasteiger partial charge < -0.3 is 14.4 Å². The third-order valence-corrected chi connectivity index (χ3v) is 5.62. The first-order valence-electron chi connectivity index (χ1n) is 11.4. The Labute approximate surface area is 210 Å². The number of halogens is 1. The molecule has 3 rings (SSSR count). The predicted octanol–water partition coefficient (Wildman–Crippen LogP) is 5.04. The van der Waals surface area contributed by atoms with Crippen LogP contribution in [0.1, 0.15) is 27.2 Å². The number of benzene rings is 2. The first-order chi connectivity index (χ1) is 16.7. The van der Waals surface area contributed by atoms with Crippen LogP contribution in [0.2, 0.25) is 5.02 Å². The largest absolute Gasteiger partial charge is 0.497 e. The molecule has 0 bridgehead atoms. The van der Waals surface area contributed by atoms with Crippen molar-refractivity contribution in [3.8, 4) is 28.4 Å². The van der Waals surface area contributed by atoms with Gasteiger partial charge >= 0.3 is 0 Å². The third-order valence-electron chi connectivity index (χ3n) is 5.36. The minimum Gasteiger partial charge on any atom is -0.497 e. The molecule has 0 fully saturated rings. The quantitative estimate of drug-likeness (QED) is 0.423. The number of nitrogens with zero attached hydrogens (tertiary/aromatic N) is 3. The van der Waals surface area contributed by atoms with E-state index in [9.17, 15) is 9.59 Å². The molecule has 0 spiro atoms. The number of carbonyl (C=O) groups is 2. The van der Waals surface area contributed by atoms with Crippen molar-refractivity contribution in [3.63, 3.8) is 0 Å². The Kier molecular flexibility index (Phi) is 8.76. The average molecular weight is 499 g/mol. The molecule has 0 radical (unpaired) electrons. The third kappa shape index (κ3) is 6.76. The van der Waals surface area contributed by atoms with Gasteiger partial charge in [0, 0.05) is 47.9 Å². The van der Waals surface area contributed by atoms with Crippen LogP contribution in [0.4, 0.5) is 5.95 Å². The van der Waals surface area contributed by atoms with Gasteiger partial charge in [0.05, 0.1) is 32.1 Å². The molecule has 35 heavy (non-hydrogen) atoms. The van der Waals surface area contributed by atoms with Crippen molar-refractivity contribution in [2.45, 2.75) is 27.2 Å². The highest BCUT2D eigenvalue weighted by molar-refractivity contribution is 6.30. The molecule has 0 aliphatic carbocycles. The van der Waals surface area contributed by atoms with Crippen molar-refractivity contribution >= 4 is 29.4 Å². The zero-order chi connectivity index (χ0) is 25.5. The zero-order valence-corrected chi connectivity index (χ0v) is 21.4. The van der Waals surface area contributed by atoms with Gasteiger partial charge in [-0.3, -0.25) is 19.5 Å². The van der Waals surface area contributed by atoms with Crippen LogP contribution < -0.4 is 14.8 Å². The van der Waals surface area contributed by atoms with Gasteiger partial charge in [-0.2, -0.15) is 0 Å². The number of methoxy groups -OCH3 is 2. The van der Waals surface area contributed by atoms with E-state index in [-0.39, 0.29) is 24.3 Å². The number of imidazole rings is 1. The molecular formula is C26H31ClN4O4. The second kappa shape index (κ2) is 11.8. The summed E-state index contributed by atoms with van der Waals surface area (Å²) in [5.74, 6) is 1.31. The van der Waals surface area contributed by atoms with E-state index in [1.54, 1.807) is 37.0 Å². The standard InChI is InChI=1S/C26H31ClN4O4/c1-6-30(25(33)11-17(2)3)16-24(32)29-26-28-23(18-7-9-19(27)10-8-18)15-31(26)20-12-21(34-4)14-22(13-20)35-5/h7-10,12-15,17H,6,11,16H2,1-5H3,(H,28,29,32). The first-order valence-corrected chi connectivity index (χ1v) is 11.8. The number of rotatable bonds is 10. The van der Waals surface area contributed by atoms with Crippen LogP contribution >= 0.6 is 11.6 Å². The van der Waals surface area contributed by atoms with Gasteiger partial charge in [0.1, 0.15) is 11.5 Å². The maximum Gasteiger partial charge on any atom is 0.246 e. The number of ether oxygens (including phenoxy) is 2. The molecule has 3 aromatic rings. The number of anilines is 1. The summed E-state index contributed by atoms with van der Waals surface area (Å²) < 4.78 is 12.6. The minimum absolute atomic E-state index is 0.0552. The second-order valence-electron chi connectivity index (χ2n) is 8.45. The molecular weight excluding hydrogens is 468 g/mol. The lowest BCUT2D eigenvalue weighted by atomic mass is 10.1. The summed E-state index contributed by atoms with van der Waals surface area (Å²) in [5.41, 5.74) is 2.16. The number of nitrogens with one attached hydrogen (secondary N) is 1. The predicted molar refractivity (Wildman–Crippen MR) is 137 cm³/mol. The minimum atomic E-state index is -0.340. The Morgan fingerprint density at radius 3 is 2.26 bits per heavy atom. The molecule has 0 saturated heterocycles. The van der Waals surface area contributed by atoms with Crippen LogP contribution in [-0.4, -0.2) is 53.6 Å². The fourth-order valence-corrected chi connectivity index (χ4v) is 3.67. The Morgan fingerprint density at radius 2 is 1.71 bits per heavy atom. The number of amides is 2. The lowest BCUT2D eigenvalue weighted by Gasteiger charge is -2.21. The van der Waals surface area contributed by atoms with Gasteiger partial charge in [-0.05, 0) is 25.0 Å². The number of aromatic nitrogens is 2. The Morgan fingerprint density at radius 1 is 1.09 bits per heavy atom. The fourth-order valence-electron chi connectivity index (χ4n) is 3.55. The van der Waals surface area contributed by atoms with Gasteiger partial charge in [0.2, 0.25) is 17.8 Å². The number of hydrogen-bond acceptors (Lipinski definition) is 5. The van der Waals surface area contributed by atoms with Crippen LogP contribution in [0.25, 0.3) is 16.9 Å². The fraction of sp³-hybridized carbons (Fsp3) is 0.346. The number of carbonyl (C=O) groups excluding carboxylic acids is 2. The summed E-state index contributed by atoms with van der Waals surface area (Å²) in [6.07, 6.45) is 2.20. The summed E-state index contributed by atoms with van der Waals surface area (Å²) in [4.78, 5) is 31.7. The number of hydrogen-bond donors (Lipinski definition) is 1. The van der Waals surface area contributed by atoms with Crippen LogP contribution in [0.3, 0.4) is 0 Å². The van der Waals surface area contributed by atoms with E-state index in [4.69, 9.17) is 21.1 Å². The maximum absolute atomic E-state index is 13.0. The lowest BCUT2D eigenvalue weighted by molar-refractivity contribution is -0.135. The molecule has 0 aliphatic heterocycles. The zero-order valence-electron chi connectivity index (χ0n) is 20.7. The van der Waals surface area contributed by atoms with E-state index in [2.05, 4.69) is 10.3 Å². The first kappa shape index (κ1) is 26.1. The molecule has 1 heterocycles. The van der Waals surface area contributed by atoms with E-state index in [1.165, 1.54) is 4.90 Å². The van der Waals surface area contributed by atoms with E-state index in [0.717, 1.165) is 5.56 Å². The highest BCUT2D eigenvalue weighted by Crippen LogP contribution is 2.30. The topological polar surface area (TPSA) is 85.7 Å². The number of likely N-dealkylation sites (N-methyl/N-ethyl adjacent to an activating group) is 1. The van der Waals surface area contributed by atoms with Crippen LogP contribution in [-0.2, 0) is 9.59 Å². The highest BCUT2D eigenvalue weighted by Gasteiger charge is 2.20. The van der Waals surface area contributed by atoms with Gasteiger partial charge in [-0.25, -0.2) is 4.98 Å². The molecule has 0 atom stereocenters. The van der Waals surface area contributed by atoms with Crippen molar-refractivity contribution in [2.24, 2.45) is 5.92 Å². The summed E-state index contributed by atoms with van der Waals surface area (Å²) in [6.45, 7) is 6.18. The molecule has 9 heteroatoms. The monoisotopic (exact) mass is 498 g/mol. The van der Waals surface area contributed by atoms with Crippen LogP contribution in [0.15, 0.2) is 48.7 Å². The SMILES string of the molecule is CCN(CC(=O)Nc1nc(-c2ccc(Cl)cc2)cn1-c1cc(OC)cc(OC)c1)C(=O)CC(C)C. The normalized spacial score (nSPS) is 10.8. The van der Waals surface area contributed by atoms with Crippen LogP contribution in [0, 0.1) is 5.92 Å². The Bertz CT molecular complexity index is 1150. The lowest BCUT2D eigenvalue weighted by Crippen LogP contribution is -2.38. The molecule has 1 aromatic heterocycles.